The second-order valence-electron chi connectivity index (χ2n) is 8.80. The van der Waals surface area contributed by atoms with E-state index in [2.05, 4.69) is 9.97 Å². The molecular weight excluding hydrogens is 425 g/mol. The molecule has 174 valence electrons. The van der Waals surface area contributed by atoms with Gasteiger partial charge in [0, 0.05) is 31.8 Å². The number of hydrogen-bond donors (Lipinski definition) is 0. The van der Waals surface area contributed by atoms with Crippen LogP contribution < -0.4 is 4.74 Å². The standard InChI is InChI=1S/C25H28FN3O4/c1-31-15-29-22-6-4-2-3-5-21(22)28-24(29)23(30)17-11-19(12-17)33-25-20(13-18(26)14-27-25)16-7-9-32-10-8-16/h3-6,13-14,16-17,19H,2,7-12,15H2,1H3. The topological polar surface area (TPSA) is 75.5 Å². The first-order valence-corrected chi connectivity index (χ1v) is 11.5. The molecule has 0 radical (unpaired) electrons. The van der Waals surface area contributed by atoms with Gasteiger partial charge >= 0.3 is 0 Å². The van der Waals surface area contributed by atoms with Gasteiger partial charge in [0.05, 0.1) is 17.6 Å². The Bertz CT molecular complexity index is 1080. The Hall–Kier alpha value is -2.84. The van der Waals surface area contributed by atoms with Gasteiger partial charge in [-0.05, 0) is 56.2 Å². The van der Waals surface area contributed by atoms with Gasteiger partial charge < -0.3 is 14.2 Å². The number of rotatable bonds is 7. The monoisotopic (exact) mass is 453 g/mol. The number of hydrogen-bond acceptors (Lipinski definition) is 6. The molecule has 2 aliphatic carbocycles. The van der Waals surface area contributed by atoms with E-state index < -0.39 is 0 Å². The number of ketones is 1. The van der Waals surface area contributed by atoms with E-state index in [-0.39, 0.29) is 36.3 Å². The van der Waals surface area contributed by atoms with E-state index in [0.29, 0.717) is 37.8 Å². The Morgan fingerprint density at radius 3 is 2.82 bits per heavy atom. The van der Waals surface area contributed by atoms with Crippen molar-refractivity contribution in [3.05, 3.63) is 53.0 Å². The highest BCUT2D eigenvalue weighted by Gasteiger charge is 2.39. The predicted molar refractivity (Wildman–Crippen MR) is 120 cm³/mol. The highest BCUT2D eigenvalue weighted by Crippen LogP contribution is 2.38. The van der Waals surface area contributed by atoms with E-state index in [1.807, 2.05) is 28.9 Å². The van der Waals surface area contributed by atoms with Crippen molar-refractivity contribution >= 4 is 17.9 Å². The van der Waals surface area contributed by atoms with Crippen molar-refractivity contribution in [2.45, 2.75) is 50.9 Å². The minimum absolute atomic E-state index is 0.00140. The molecule has 0 spiro atoms. The molecule has 2 fully saturated rings. The van der Waals surface area contributed by atoms with E-state index in [9.17, 15) is 9.18 Å². The molecule has 1 aliphatic heterocycles. The normalized spacial score (nSPS) is 22.5. The van der Waals surface area contributed by atoms with E-state index in [1.54, 1.807) is 7.11 Å². The Kier molecular flexibility index (Phi) is 6.37. The summed E-state index contributed by atoms with van der Waals surface area (Å²) in [5.41, 5.74) is 2.47. The second kappa shape index (κ2) is 9.57. The number of methoxy groups -OCH3 is 1. The predicted octanol–water partition coefficient (Wildman–Crippen LogP) is 4.39. The molecular formula is C25H28FN3O4. The lowest BCUT2D eigenvalue weighted by molar-refractivity contribution is 0.0433. The lowest BCUT2D eigenvalue weighted by Gasteiger charge is -2.35. The van der Waals surface area contributed by atoms with E-state index in [4.69, 9.17) is 14.2 Å². The molecule has 2 aromatic heterocycles. The molecule has 0 N–H and O–H groups in total. The molecule has 1 saturated heterocycles. The molecule has 1 saturated carbocycles. The van der Waals surface area contributed by atoms with Crippen molar-refractivity contribution in [2.24, 2.45) is 5.92 Å². The van der Waals surface area contributed by atoms with Crippen molar-refractivity contribution in [1.82, 2.24) is 14.5 Å². The highest BCUT2D eigenvalue weighted by molar-refractivity contribution is 5.96. The van der Waals surface area contributed by atoms with Gasteiger partial charge in [0.1, 0.15) is 18.7 Å². The summed E-state index contributed by atoms with van der Waals surface area (Å²) >= 11 is 0. The lowest BCUT2D eigenvalue weighted by Crippen LogP contribution is -2.39. The highest BCUT2D eigenvalue weighted by atomic mass is 19.1. The molecule has 0 atom stereocenters. The van der Waals surface area contributed by atoms with Crippen LogP contribution in [0.5, 0.6) is 5.88 Å². The van der Waals surface area contributed by atoms with Crippen LogP contribution >= 0.6 is 0 Å². The maximum absolute atomic E-state index is 13.9. The van der Waals surface area contributed by atoms with Crippen LogP contribution in [0.15, 0.2) is 24.4 Å². The molecule has 2 aromatic rings. The summed E-state index contributed by atoms with van der Waals surface area (Å²) in [5, 5.41) is 0. The summed E-state index contributed by atoms with van der Waals surface area (Å²) in [4.78, 5) is 22.1. The number of Topliss-reactive ketones (excluding diaryl/α,β-unsaturated/α-hetero) is 1. The zero-order valence-electron chi connectivity index (χ0n) is 18.7. The summed E-state index contributed by atoms with van der Waals surface area (Å²) in [5.74, 6) is 0.535. The minimum atomic E-state index is -0.363. The number of pyridine rings is 1. The fourth-order valence-electron chi connectivity index (χ4n) is 4.73. The molecule has 8 heteroatoms. The zero-order chi connectivity index (χ0) is 22.8. The maximum atomic E-state index is 13.9. The fraction of sp³-hybridized carbons (Fsp3) is 0.480. The summed E-state index contributed by atoms with van der Waals surface area (Å²) in [6, 6.07) is 1.52. The van der Waals surface area contributed by atoms with Crippen LogP contribution in [-0.2, 0) is 16.2 Å². The Labute approximate surface area is 192 Å². The Morgan fingerprint density at radius 1 is 1.24 bits per heavy atom. The number of nitrogens with zero attached hydrogens (tertiary/aromatic N) is 3. The molecule has 3 heterocycles. The van der Waals surface area contributed by atoms with Gasteiger partial charge in [0.15, 0.2) is 5.82 Å². The van der Waals surface area contributed by atoms with E-state index in [1.165, 1.54) is 12.3 Å². The summed E-state index contributed by atoms with van der Waals surface area (Å²) in [6.07, 6.45) is 12.7. The van der Waals surface area contributed by atoms with Crippen LogP contribution in [0.3, 0.4) is 0 Å². The second-order valence-corrected chi connectivity index (χ2v) is 8.80. The van der Waals surface area contributed by atoms with Crippen molar-refractivity contribution in [3.63, 3.8) is 0 Å². The van der Waals surface area contributed by atoms with Crippen LogP contribution in [0, 0.1) is 11.7 Å². The Morgan fingerprint density at radius 2 is 2.03 bits per heavy atom. The molecule has 3 aliphatic rings. The number of halogens is 1. The molecule has 0 bridgehead atoms. The first-order valence-electron chi connectivity index (χ1n) is 11.5. The van der Waals surface area contributed by atoms with Gasteiger partial charge in [0.2, 0.25) is 11.7 Å². The molecule has 33 heavy (non-hydrogen) atoms. The molecule has 0 amide bonds. The van der Waals surface area contributed by atoms with Crippen LogP contribution in [-0.4, -0.2) is 46.7 Å². The third kappa shape index (κ3) is 4.50. The minimum Gasteiger partial charge on any atom is -0.474 e. The SMILES string of the molecule is COCn1c(C(=O)C2CC(Oc3ncc(F)cc3C3CCOCC3)C2)nc2c1C=CCC=C2. The molecule has 7 nitrogen and oxygen atoms in total. The molecule has 0 unspecified atom stereocenters. The van der Waals surface area contributed by atoms with Crippen molar-refractivity contribution in [2.75, 3.05) is 20.3 Å². The van der Waals surface area contributed by atoms with Crippen molar-refractivity contribution < 1.29 is 23.4 Å². The van der Waals surface area contributed by atoms with Crippen molar-refractivity contribution in [1.29, 1.82) is 0 Å². The summed E-state index contributed by atoms with van der Waals surface area (Å²) < 4.78 is 32.6. The van der Waals surface area contributed by atoms with Crippen LogP contribution in [0.4, 0.5) is 4.39 Å². The number of carbonyl (C=O) groups excluding carboxylic acids is 1. The first kappa shape index (κ1) is 22.0. The largest absolute Gasteiger partial charge is 0.474 e. The third-order valence-corrected chi connectivity index (χ3v) is 6.59. The summed E-state index contributed by atoms with van der Waals surface area (Å²) in [6.45, 7) is 1.58. The average Bonchev–Trinajstić information content (AvgIpc) is 2.98. The smallest absolute Gasteiger partial charge is 0.217 e. The van der Waals surface area contributed by atoms with Gasteiger partial charge in [-0.3, -0.25) is 9.36 Å². The van der Waals surface area contributed by atoms with Gasteiger partial charge in [-0.1, -0.05) is 12.2 Å². The van der Waals surface area contributed by atoms with Gasteiger partial charge in [-0.15, -0.1) is 0 Å². The third-order valence-electron chi connectivity index (χ3n) is 6.59. The zero-order valence-corrected chi connectivity index (χ0v) is 18.7. The van der Waals surface area contributed by atoms with E-state index >= 15 is 0 Å². The van der Waals surface area contributed by atoms with Gasteiger partial charge in [0.25, 0.3) is 0 Å². The number of fused-ring (bicyclic) bond motifs is 1. The summed E-state index contributed by atoms with van der Waals surface area (Å²) in [7, 11) is 1.61. The van der Waals surface area contributed by atoms with Gasteiger partial charge in [-0.25, -0.2) is 14.4 Å². The quantitative estimate of drug-likeness (QED) is 0.579. The van der Waals surface area contributed by atoms with Crippen molar-refractivity contribution in [3.8, 4) is 5.88 Å². The number of aromatic nitrogens is 3. The molecule has 5 rings (SSSR count). The number of imidazole rings is 1. The molecule has 0 aromatic carbocycles. The van der Waals surface area contributed by atoms with Crippen LogP contribution in [0.1, 0.15) is 65.6 Å². The number of carbonyl (C=O) groups is 1. The first-order chi connectivity index (χ1) is 16.1. The van der Waals surface area contributed by atoms with Gasteiger partial charge in [-0.2, -0.15) is 0 Å². The lowest BCUT2D eigenvalue weighted by atomic mass is 9.79. The van der Waals surface area contributed by atoms with Crippen LogP contribution in [0.2, 0.25) is 0 Å². The van der Waals surface area contributed by atoms with E-state index in [0.717, 1.165) is 36.2 Å². The maximum Gasteiger partial charge on any atom is 0.217 e. The van der Waals surface area contributed by atoms with Crippen LogP contribution in [0.25, 0.3) is 12.2 Å². The fourth-order valence-corrected chi connectivity index (χ4v) is 4.73. The number of allylic oxidation sites excluding steroid dienone is 2. The average molecular weight is 454 g/mol. The Balaban J connectivity index is 1.28. The number of ether oxygens (including phenoxy) is 3.